The average Bonchev–Trinajstić information content (AvgIpc) is 2.40. The lowest BCUT2D eigenvalue weighted by atomic mass is 9.91. The van der Waals surface area contributed by atoms with Gasteiger partial charge in [0.1, 0.15) is 0 Å². The molecule has 1 heterocycles. The van der Waals surface area contributed by atoms with Crippen molar-refractivity contribution >= 4 is 5.97 Å². The predicted molar refractivity (Wildman–Crippen MR) is 67.2 cm³/mol. The Balaban J connectivity index is 2.04. The number of esters is 1. The Morgan fingerprint density at radius 3 is 2.76 bits per heavy atom. The van der Waals surface area contributed by atoms with Crippen LogP contribution in [0.3, 0.4) is 0 Å². The summed E-state index contributed by atoms with van der Waals surface area (Å²) < 4.78 is 4.96. The third-order valence-corrected chi connectivity index (χ3v) is 3.19. The Morgan fingerprint density at radius 1 is 1.41 bits per heavy atom. The summed E-state index contributed by atoms with van der Waals surface area (Å²) in [6, 6.07) is 7.82. The summed E-state index contributed by atoms with van der Waals surface area (Å²) in [5.74, 6) is 0.348. The van der Waals surface area contributed by atoms with E-state index in [4.69, 9.17) is 4.74 Å². The van der Waals surface area contributed by atoms with E-state index in [2.05, 4.69) is 5.32 Å². The van der Waals surface area contributed by atoms with Crippen molar-refractivity contribution in [3.05, 3.63) is 35.4 Å². The van der Waals surface area contributed by atoms with Gasteiger partial charge < -0.3 is 10.1 Å². The van der Waals surface area contributed by atoms with E-state index in [0.717, 1.165) is 13.1 Å². The van der Waals surface area contributed by atoms with Gasteiger partial charge in [-0.05, 0) is 49.9 Å². The van der Waals surface area contributed by atoms with Crippen LogP contribution in [-0.4, -0.2) is 25.7 Å². The molecule has 92 valence electrons. The largest absolute Gasteiger partial charge is 0.462 e. The van der Waals surface area contributed by atoms with E-state index in [1.54, 1.807) is 0 Å². The van der Waals surface area contributed by atoms with Crippen molar-refractivity contribution in [2.75, 3.05) is 19.7 Å². The van der Waals surface area contributed by atoms with Gasteiger partial charge in [-0.1, -0.05) is 12.1 Å². The first-order valence-electron chi connectivity index (χ1n) is 6.29. The fraction of sp³-hybridized carbons (Fsp3) is 0.500. The van der Waals surface area contributed by atoms with Crippen molar-refractivity contribution in [1.82, 2.24) is 5.32 Å². The van der Waals surface area contributed by atoms with Gasteiger partial charge in [0.15, 0.2) is 0 Å². The molecule has 0 bridgehead atoms. The molecule has 1 fully saturated rings. The number of carbonyl (C=O) groups excluding carboxylic acids is 1. The van der Waals surface area contributed by atoms with E-state index in [0.29, 0.717) is 18.1 Å². The fourth-order valence-electron chi connectivity index (χ4n) is 2.24. The standard InChI is InChI=1S/C14H19NO2/c1-2-17-14(16)12-7-5-11(6-8-12)13-4-3-9-15-10-13/h5-8,13,15H,2-4,9-10H2,1H3/t13-/m0/s1. The fourth-order valence-corrected chi connectivity index (χ4v) is 2.24. The van der Waals surface area contributed by atoms with E-state index >= 15 is 0 Å². The minimum absolute atomic E-state index is 0.235. The maximum atomic E-state index is 11.5. The first-order chi connectivity index (χ1) is 8.31. The lowest BCUT2D eigenvalue weighted by Gasteiger charge is -2.23. The van der Waals surface area contributed by atoms with E-state index in [9.17, 15) is 4.79 Å². The van der Waals surface area contributed by atoms with Gasteiger partial charge in [0.25, 0.3) is 0 Å². The second kappa shape index (κ2) is 5.82. The van der Waals surface area contributed by atoms with Crippen LogP contribution in [0.4, 0.5) is 0 Å². The van der Waals surface area contributed by atoms with Gasteiger partial charge in [-0.2, -0.15) is 0 Å². The molecule has 0 radical (unpaired) electrons. The Bertz CT molecular complexity index is 366. The quantitative estimate of drug-likeness (QED) is 0.814. The normalized spacial score (nSPS) is 19.9. The van der Waals surface area contributed by atoms with Gasteiger partial charge in [0.05, 0.1) is 12.2 Å². The number of piperidine rings is 1. The Hall–Kier alpha value is -1.35. The Morgan fingerprint density at radius 2 is 2.18 bits per heavy atom. The molecule has 1 aliphatic heterocycles. The molecule has 2 rings (SSSR count). The summed E-state index contributed by atoms with van der Waals surface area (Å²) in [5.41, 5.74) is 1.95. The van der Waals surface area contributed by atoms with Gasteiger partial charge in [-0.15, -0.1) is 0 Å². The Labute approximate surface area is 102 Å². The second-order valence-corrected chi connectivity index (χ2v) is 4.39. The maximum absolute atomic E-state index is 11.5. The molecule has 3 nitrogen and oxygen atoms in total. The molecule has 0 aliphatic carbocycles. The molecule has 1 saturated heterocycles. The second-order valence-electron chi connectivity index (χ2n) is 4.39. The van der Waals surface area contributed by atoms with Crippen molar-refractivity contribution in [1.29, 1.82) is 0 Å². The summed E-state index contributed by atoms with van der Waals surface area (Å²) in [4.78, 5) is 11.5. The molecule has 3 heteroatoms. The number of benzene rings is 1. The summed E-state index contributed by atoms with van der Waals surface area (Å²) in [6.07, 6.45) is 2.45. The molecule has 0 aromatic heterocycles. The number of carbonyl (C=O) groups is 1. The molecular weight excluding hydrogens is 214 g/mol. The van der Waals surface area contributed by atoms with Crippen LogP contribution in [0.15, 0.2) is 24.3 Å². The van der Waals surface area contributed by atoms with Crippen LogP contribution in [0.25, 0.3) is 0 Å². The van der Waals surface area contributed by atoms with E-state index in [-0.39, 0.29) is 5.97 Å². The number of rotatable bonds is 3. The van der Waals surface area contributed by atoms with Gasteiger partial charge in [0.2, 0.25) is 0 Å². The van der Waals surface area contributed by atoms with Crippen LogP contribution in [-0.2, 0) is 4.74 Å². The van der Waals surface area contributed by atoms with Crippen molar-refractivity contribution in [2.45, 2.75) is 25.7 Å². The van der Waals surface area contributed by atoms with Crippen LogP contribution in [0.2, 0.25) is 0 Å². The zero-order chi connectivity index (χ0) is 12.1. The van der Waals surface area contributed by atoms with Gasteiger partial charge in [0, 0.05) is 6.54 Å². The van der Waals surface area contributed by atoms with Crippen LogP contribution < -0.4 is 5.32 Å². The molecule has 0 spiro atoms. The highest BCUT2D eigenvalue weighted by atomic mass is 16.5. The molecule has 0 amide bonds. The smallest absolute Gasteiger partial charge is 0.338 e. The topological polar surface area (TPSA) is 38.3 Å². The minimum Gasteiger partial charge on any atom is -0.462 e. The molecular formula is C14H19NO2. The van der Waals surface area contributed by atoms with Crippen LogP contribution in [0.5, 0.6) is 0 Å². The summed E-state index contributed by atoms with van der Waals surface area (Å²) in [7, 11) is 0. The van der Waals surface area contributed by atoms with E-state index in [1.807, 2.05) is 31.2 Å². The Kier molecular flexibility index (Phi) is 4.15. The SMILES string of the molecule is CCOC(=O)c1ccc([C@H]2CCCNC2)cc1. The van der Waals surface area contributed by atoms with Crippen molar-refractivity contribution in [2.24, 2.45) is 0 Å². The number of hydrogen-bond acceptors (Lipinski definition) is 3. The summed E-state index contributed by atoms with van der Waals surface area (Å²) in [6.45, 7) is 4.41. The lowest BCUT2D eigenvalue weighted by molar-refractivity contribution is 0.0526. The molecule has 1 atom stereocenters. The first kappa shape index (κ1) is 12.1. The third-order valence-electron chi connectivity index (χ3n) is 3.19. The van der Waals surface area contributed by atoms with Gasteiger partial charge >= 0.3 is 5.97 Å². The molecule has 1 aromatic rings. The zero-order valence-corrected chi connectivity index (χ0v) is 10.2. The molecule has 0 saturated carbocycles. The van der Waals surface area contributed by atoms with Crippen LogP contribution >= 0.6 is 0 Å². The third kappa shape index (κ3) is 3.07. The van der Waals surface area contributed by atoms with Crippen molar-refractivity contribution < 1.29 is 9.53 Å². The van der Waals surface area contributed by atoms with Crippen LogP contribution in [0, 0.1) is 0 Å². The molecule has 0 unspecified atom stereocenters. The van der Waals surface area contributed by atoms with Gasteiger partial charge in [-0.25, -0.2) is 4.79 Å². The number of hydrogen-bond donors (Lipinski definition) is 1. The van der Waals surface area contributed by atoms with E-state index < -0.39 is 0 Å². The molecule has 1 aromatic carbocycles. The predicted octanol–water partition coefficient (Wildman–Crippen LogP) is 2.33. The van der Waals surface area contributed by atoms with Crippen molar-refractivity contribution in [3.63, 3.8) is 0 Å². The lowest BCUT2D eigenvalue weighted by Crippen LogP contribution is -2.28. The number of nitrogens with one attached hydrogen (secondary N) is 1. The molecule has 1 aliphatic rings. The molecule has 1 N–H and O–H groups in total. The highest BCUT2D eigenvalue weighted by molar-refractivity contribution is 5.89. The zero-order valence-electron chi connectivity index (χ0n) is 10.2. The average molecular weight is 233 g/mol. The minimum atomic E-state index is -0.235. The first-order valence-corrected chi connectivity index (χ1v) is 6.29. The van der Waals surface area contributed by atoms with Crippen LogP contribution in [0.1, 0.15) is 41.6 Å². The maximum Gasteiger partial charge on any atom is 0.338 e. The van der Waals surface area contributed by atoms with E-state index in [1.165, 1.54) is 18.4 Å². The molecule has 17 heavy (non-hydrogen) atoms. The summed E-state index contributed by atoms with van der Waals surface area (Å²) >= 11 is 0. The highest BCUT2D eigenvalue weighted by Crippen LogP contribution is 2.23. The number of ether oxygens (including phenoxy) is 1. The highest BCUT2D eigenvalue weighted by Gasteiger charge is 2.15. The monoisotopic (exact) mass is 233 g/mol. The summed E-state index contributed by atoms with van der Waals surface area (Å²) in [5, 5.41) is 3.40. The van der Waals surface area contributed by atoms with Gasteiger partial charge in [-0.3, -0.25) is 0 Å². The van der Waals surface area contributed by atoms with Crippen molar-refractivity contribution in [3.8, 4) is 0 Å².